The number of para-hydroxylation sites is 1. The molecule has 0 N–H and O–H groups in total. The maximum Gasteiger partial charge on any atom is 0.263 e. The number of hydrogen-bond acceptors (Lipinski definition) is 3. The van der Waals surface area contributed by atoms with Gasteiger partial charge in [-0.25, -0.2) is 0 Å². The summed E-state index contributed by atoms with van der Waals surface area (Å²) in [5, 5.41) is 0.601. The largest absolute Gasteiger partial charge is 0.481 e. The van der Waals surface area contributed by atoms with Gasteiger partial charge >= 0.3 is 0 Å². The zero-order chi connectivity index (χ0) is 16.9. The van der Waals surface area contributed by atoms with E-state index in [-0.39, 0.29) is 5.91 Å². The van der Waals surface area contributed by atoms with Crippen molar-refractivity contribution in [3.8, 4) is 5.75 Å². The Morgan fingerprint density at radius 2 is 1.75 bits per heavy atom. The summed E-state index contributed by atoms with van der Waals surface area (Å²) in [6.07, 6.45) is -0.522. The van der Waals surface area contributed by atoms with Crippen LogP contribution in [0.25, 0.3) is 0 Å². The Morgan fingerprint density at radius 3 is 2.42 bits per heavy atom. The second-order valence-corrected chi connectivity index (χ2v) is 6.30. The normalized spacial score (nSPS) is 15.9. The van der Waals surface area contributed by atoms with Gasteiger partial charge in [0, 0.05) is 36.9 Å². The van der Waals surface area contributed by atoms with E-state index in [1.54, 1.807) is 19.1 Å². The second kappa shape index (κ2) is 7.58. The van der Waals surface area contributed by atoms with Gasteiger partial charge in [0.1, 0.15) is 5.75 Å². The third kappa shape index (κ3) is 4.01. The average molecular weight is 345 g/mol. The van der Waals surface area contributed by atoms with Crippen LogP contribution < -0.4 is 9.64 Å². The second-order valence-electron chi connectivity index (χ2n) is 5.87. The Morgan fingerprint density at radius 1 is 1.04 bits per heavy atom. The number of anilines is 1. The van der Waals surface area contributed by atoms with E-state index in [4.69, 9.17) is 16.3 Å². The maximum atomic E-state index is 12.6. The van der Waals surface area contributed by atoms with Gasteiger partial charge in [-0.2, -0.15) is 0 Å². The number of piperazine rings is 1. The van der Waals surface area contributed by atoms with E-state index in [9.17, 15) is 4.79 Å². The van der Waals surface area contributed by atoms with E-state index < -0.39 is 6.10 Å². The number of halogens is 1. The van der Waals surface area contributed by atoms with Crippen molar-refractivity contribution in [2.24, 2.45) is 0 Å². The molecule has 4 nitrogen and oxygen atoms in total. The fourth-order valence-corrected chi connectivity index (χ4v) is 3.06. The highest BCUT2D eigenvalue weighted by Gasteiger charge is 2.26. The quantitative estimate of drug-likeness (QED) is 0.851. The molecule has 126 valence electrons. The van der Waals surface area contributed by atoms with Gasteiger partial charge in [0.15, 0.2) is 6.10 Å². The van der Waals surface area contributed by atoms with Gasteiger partial charge in [0.2, 0.25) is 0 Å². The molecule has 0 radical (unpaired) electrons. The molecule has 2 aromatic rings. The van der Waals surface area contributed by atoms with E-state index in [1.807, 2.05) is 35.2 Å². The van der Waals surface area contributed by atoms with Crippen LogP contribution in [0.2, 0.25) is 5.02 Å². The Balaban J connectivity index is 1.55. The predicted molar refractivity (Wildman–Crippen MR) is 96.8 cm³/mol. The van der Waals surface area contributed by atoms with Crippen LogP contribution in [-0.4, -0.2) is 43.1 Å². The van der Waals surface area contributed by atoms with Gasteiger partial charge < -0.3 is 14.5 Å². The third-order valence-corrected chi connectivity index (χ3v) is 4.40. The van der Waals surface area contributed by atoms with Crippen molar-refractivity contribution in [2.75, 3.05) is 31.1 Å². The van der Waals surface area contributed by atoms with Crippen LogP contribution in [0.15, 0.2) is 54.6 Å². The molecule has 3 rings (SSSR count). The Labute approximate surface area is 147 Å². The van der Waals surface area contributed by atoms with Gasteiger partial charge in [-0.1, -0.05) is 35.9 Å². The molecule has 0 spiro atoms. The molecule has 1 fully saturated rings. The molecule has 1 unspecified atom stereocenters. The number of ether oxygens (including phenoxy) is 1. The van der Waals surface area contributed by atoms with Gasteiger partial charge in [0.25, 0.3) is 5.91 Å². The molecule has 1 atom stereocenters. The van der Waals surface area contributed by atoms with Gasteiger partial charge in [-0.15, -0.1) is 0 Å². The molecule has 0 bridgehead atoms. The number of carbonyl (C=O) groups is 1. The molecule has 0 saturated carbocycles. The summed E-state index contributed by atoms with van der Waals surface area (Å²) in [6, 6.07) is 17.4. The summed E-state index contributed by atoms with van der Waals surface area (Å²) in [6.45, 7) is 4.86. The molecule has 1 aliphatic rings. The van der Waals surface area contributed by atoms with E-state index in [0.717, 1.165) is 13.1 Å². The fourth-order valence-electron chi connectivity index (χ4n) is 2.88. The van der Waals surface area contributed by atoms with Crippen molar-refractivity contribution < 1.29 is 9.53 Å². The smallest absolute Gasteiger partial charge is 0.263 e. The van der Waals surface area contributed by atoms with Crippen LogP contribution in [0.4, 0.5) is 5.69 Å². The molecule has 0 aromatic heterocycles. The van der Waals surface area contributed by atoms with Crippen LogP contribution >= 0.6 is 11.6 Å². The van der Waals surface area contributed by atoms with Crippen LogP contribution in [0.3, 0.4) is 0 Å². The van der Waals surface area contributed by atoms with Crippen molar-refractivity contribution in [1.29, 1.82) is 0 Å². The number of carbonyl (C=O) groups excluding carboxylic acids is 1. The van der Waals surface area contributed by atoms with Crippen molar-refractivity contribution >= 4 is 23.2 Å². The van der Waals surface area contributed by atoms with Gasteiger partial charge in [-0.3, -0.25) is 4.79 Å². The lowest BCUT2D eigenvalue weighted by atomic mass is 10.2. The minimum absolute atomic E-state index is 0.0164. The lowest BCUT2D eigenvalue weighted by Gasteiger charge is -2.37. The van der Waals surface area contributed by atoms with Gasteiger partial charge in [-0.05, 0) is 37.3 Å². The highest BCUT2D eigenvalue weighted by atomic mass is 35.5. The molecule has 2 aromatic carbocycles. The minimum atomic E-state index is -0.522. The van der Waals surface area contributed by atoms with Crippen LogP contribution in [-0.2, 0) is 4.79 Å². The monoisotopic (exact) mass is 344 g/mol. The highest BCUT2D eigenvalue weighted by Crippen LogP contribution is 2.20. The fraction of sp³-hybridized carbons (Fsp3) is 0.316. The van der Waals surface area contributed by atoms with E-state index >= 15 is 0 Å². The minimum Gasteiger partial charge on any atom is -0.481 e. The molecule has 0 aliphatic carbocycles. The number of benzene rings is 2. The number of nitrogens with zero attached hydrogens (tertiary/aromatic N) is 2. The third-order valence-electron chi connectivity index (χ3n) is 4.17. The van der Waals surface area contributed by atoms with Crippen molar-refractivity contribution in [2.45, 2.75) is 13.0 Å². The summed E-state index contributed by atoms with van der Waals surface area (Å²) in [4.78, 5) is 16.7. The predicted octanol–water partition coefficient (Wildman–Crippen LogP) is 3.46. The molecular formula is C19H21ClN2O2. The summed E-state index contributed by atoms with van der Waals surface area (Å²) in [7, 11) is 0. The SMILES string of the molecule is CC(Oc1cccc(Cl)c1)C(=O)N1CCN(c2ccccc2)CC1. The Kier molecular flexibility index (Phi) is 5.26. The first-order valence-electron chi connectivity index (χ1n) is 8.14. The molecule has 1 saturated heterocycles. The lowest BCUT2D eigenvalue weighted by Crippen LogP contribution is -2.52. The average Bonchev–Trinajstić information content (AvgIpc) is 2.62. The van der Waals surface area contributed by atoms with Gasteiger partial charge in [0.05, 0.1) is 0 Å². The van der Waals surface area contributed by atoms with E-state index in [1.165, 1.54) is 5.69 Å². The molecule has 1 amide bonds. The molecule has 5 heteroatoms. The first kappa shape index (κ1) is 16.7. The highest BCUT2D eigenvalue weighted by molar-refractivity contribution is 6.30. The summed E-state index contributed by atoms with van der Waals surface area (Å²) in [5.41, 5.74) is 1.20. The van der Waals surface area contributed by atoms with Crippen LogP contribution in [0, 0.1) is 0 Å². The summed E-state index contributed by atoms with van der Waals surface area (Å²) >= 11 is 5.95. The Hall–Kier alpha value is -2.20. The maximum absolute atomic E-state index is 12.6. The van der Waals surface area contributed by atoms with E-state index in [2.05, 4.69) is 17.0 Å². The van der Waals surface area contributed by atoms with E-state index in [0.29, 0.717) is 23.9 Å². The molecule has 1 heterocycles. The standard InChI is InChI=1S/C19H21ClN2O2/c1-15(24-18-9-5-6-16(20)14-18)19(23)22-12-10-21(11-13-22)17-7-3-2-4-8-17/h2-9,14-15H,10-13H2,1H3. The first-order chi connectivity index (χ1) is 11.6. The zero-order valence-corrected chi connectivity index (χ0v) is 14.4. The summed E-state index contributed by atoms with van der Waals surface area (Å²) in [5.74, 6) is 0.633. The number of rotatable bonds is 4. The van der Waals surface area contributed by atoms with Crippen LogP contribution in [0.1, 0.15) is 6.92 Å². The molecule has 24 heavy (non-hydrogen) atoms. The van der Waals surface area contributed by atoms with Crippen LogP contribution in [0.5, 0.6) is 5.75 Å². The summed E-state index contributed by atoms with van der Waals surface area (Å²) < 4.78 is 5.73. The lowest BCUT2D eigenvalue weighted by molar-refractivity contribution is -0.138. The Bertz CT molecular complexity index is 685. The number of hydrogen-bond donors (Lipinski definition) is 0. The van der Waals surface area contributed by atoms with Crippen molar-refractivity contribution in [1.82, 2.24) is 4.90 Å². The first-order valence-corrected chi connectivity index (χ1v) is 8.52. The topological polar surface area (TPSA) is 32.8 Å². The van der Waals surface area contributed by atoms with Crippen molar-refractivity contribution in [3.05, 3.63) is 59.6 Å². The molecular weight excluding hydrogens is 324 g/mol. The number of amides is 1. The molecule has 1 aliphatic heterocycles. The zero-order valence-electron chi connectivity index (χ0n) is 13.7. The van der Waals surface area contributed by atoms with Crippen molar-refractivity contribution in [3.63, 3.8) is 0 Å².